The minimum Gasteiger partial charge on any atom is -0.490 e. The number of carbonyl (C=O) groups excluding carboxylic acids is 1. The zero-order valence-corrected chi connectivity index (χ0v) is 16.9. The van der Waals surface area contributed by atoms with Crippen LogP contribution in [0.25, 0.3) is 5.69 Å². The van der Waals surface area contributed by atoms with Gasteiger partial charge in [-0.25, -0.2) is 9.07 Å². The lowest BCUT2D eigenvalue weighted by molar-refractivity contribution is 0.0783. The van der Waals surface area contributed by atoms with Crippen molar-refractivity contribution in [3.05, 3.63) is 89.5 Å². The minimum atomic E-state index is -0.313. The highest BCUT2D eigenvalue weighted by molar-refractivity contribution is 5.96. The van der Waals surface area contributed by atoms with Crippen LogP contribution in [-0.4, -0.2) is 34.2 Å². The summed E-state index contributed by atoms with van der Waals surface area (Å²) >= 11 is 0. The fourth-order valence-corrected chi connectivity index (χ4v) is 3.17. The Morgan fingerprint density at radius 2 is 1.83 bits per heavy atom. The fraction of sp³-hybridized carbons (Fsp3) is 0.217. The molecule has 5 nitrogen and oxygen atoms in total. The number of rotatable bonds is 7. The molecule has 1 heterocycles. The van der Waals surface area contributed by atoms with Gasteiger partial charge in [-0.1, -0.05) is 24.8 Å². The smallest absolute Gasteiger partial charge is 0.257 e. The molecular weight excluding hydrogens is 369 g/mol. The Kier molecular flexibility index (Phi) is 6.12. The summed E-state index contributed by atoms with van der Waals surface area (Å²) in [5.41, 5.74) is 3.62. The first-order valence-electron chi connectivity index (χ1n) is 9.31. The van der Waals surface area contributed by atoms with Gasteiger partial charge in [-0.3, -0.25) is 4.79 Å². The number of hydrogen-bond acceptors (Lipinski definition) is 3. The van der Waals surface area contributed by atoms with E-state index in [4.69, 9.17) is 4.74 Å². The fourth-order valence-electron chi connectivity index (χ4n) is 3.17. The van der Waals surface area contributed by atoms with Crippen molar-refractivity contribution in [3.8, 4) is 11.4 Å². The Morgan fingerprint density at radius 3 is 2.45 bits per heavy atom. The molecule has 0 atom stereocenters. The number of aryl methyl sites for hydroxylation is 1. The second-order valence-electron chi connectivity index (χ2n) is 6.84. The number of halogens is 1. The lowest BCUT2D eigenvalue weighted by atomic mass is 10.1. The maximum atomic E-state index is 13.2. The van der Waals surface area contributed by atoms with Crippen LogP contribution in [0.3, 0.4) is 0 Å². The summed E-state index contributed by atoms with van der Waals surface area (Å²) in [5, 5.41) is 4.48. The Balaban J connectivity index is 1.77. The number of ether oxygens (including phenoxy) is 1. The molecule has 1 aromatic heterocycles. The molecule has 0 unspecified atom stereocenters. The number of aromatic nitrogens is 2. The first-order valence-corrected chi connectivity index (χ1v) is 9.31. The lowest BCUT2D eigenvalue weighted by Crippen LogP contribution is -2.27. The van der Waals surface area contributed by atoms with Crippen LogP contribution in [0.15, 0.2) is 61.2 Å². The van der Waals surface area contributed by atoms with Gasteiger partial charge in [-0.15, -0.1) is 0 Å². The average molecular weight is 393 g/mol. The highest BCUT2D eigenvalue weighted by Gasteiger charge is 2.22. The minimum absolute atomic E-state index is 0.111. The average Bonchev–Trinajstić information content (AvgIpc) is 3.01. The van der Waals surface area contributed by atoms with Crippen molar-refractivity contribution in [3.63, 3.8) is 0 Å². The van der Waals surface area contributed by atoms with E-state index >= 15 is 0 Å². The van der Waals surface area contributed by atoms with Crippen LogP contribution in [0, 0.1) is 19.7 Å². The zero-order chi connectivity index (χ0) is 21.0. The van der Waals surface area contributed by atoms with Gasteiger partial charge >= 0.3 is 0 Å². The van der Waals surface area contributed by atoms with Crippen LogP contribution in [-0.2, 0) is 6.54 Å². The van der Waals surface area contributed by atoms with Crippen molar-refractivity contribution in [2.45, 2.75) is 20.4 Å². The van der Waals surface area contributed by atoms with Crippen LogP contribution in [0.5, 0.6) is 5.75 Å². The normalized spacial score (nSPS) is 10.6. The van der Waals surface area contributed by atoms with Crippen molar-refractivity contribution in [2.24, 2.45) is 0 Å². The molecule has 0 aliphatic rings. The van der Waals surface area contributed by atoms with Gasteiger partial charge in [0.15, 0.2) is 0 Å². The van der Waals surface area contributed by atoms with E-state index in [1.807, 2.05) is 31.2 Å². The Bertz CT molecular complexity index is 1010. The number of nitrogens with zero attached hydrogens (tertiary/aromatic N) is 3. The summed E-state index contributed by atoms with van der Waals surface area (Å²) in [6.45, 7) is 8.19. The Morgan fingerprint density at radius 1 is 1.17 bits per heavy atom. The molecule has 0 N–H and O–H groups in total. The molecule has 150 valence electrons. The van der Waals surface area contributed by atoms with Crippen molar-refractivity contribution < 1.29 is 13.9 Å². The van der Waals surface area contributed by atoms with Gasteiger partial charge in [0.05, 0.1) is 22.6 Å². The second kappa shape index (κ2) is 8.73. The number of benzene rings is 2. The largest absolute Gasteiger partial charge is 0.490 e. The molecule has 0 saturated carbocycles. The number of hydrogen-bond donors (Lipinski definition) is 0. The van der Waals surface area contributed by atoms with Crippen molar-refractivity contribution in [2.75, 3.05) is 13.7 Å². The molecule has 0 saturated heterocycles. The maximum Gasteiger partial charge on any atom is 0.257 e. The SMILES string of the molecule is C=CCOc1ccc(CN(C)C(=O)c2c(C)nn(-c3ccc(F)cc3)c2C)cc1. The van der Waals surface area contributed by atoms with E-state index in [0.29, 0.717) is 30.1 Å². The van der Waals surface area contributed by atoms with E-state index in [-0.39, 0.29) is 11.7 Å². The molecule has 1 amide bonds. The molecule has 2 aromatic carbocycles. The molecule has 3 aromatic rings. The molecule has 0 fully saturated rings. The third-order valence-electron chi connectivity index (χ3n) is 4.63. The van der Waals surface area contributed by atoms with Gasteiger partial charge in [0.2, 0.25) is 0 Å². The zero-order valence-electron chi connectivity index (χ0n) is 16.9. The van der Waals surface area contributed by atoms with Gasteiger partial charge in [0.25, 0.3) is 5.91 Å². The molecule has 29 heavy (non-hydrogen) atoms. The summed E-state index contributed by atoms with van der Waals surface area (Å²) in [7, 11) is 1.76. The topological polar surface area (TPSA) is 47.4 Å². The third-order valence-corrected chi connectivity index (χ3v) is 4.63. The van der Waals surface area contributed by atoms with Gasteiger partial charge < -0.3 is 9.64 Å². The van der Waals surface area contributed by atoms with Crippen LogP contribution >= 0.6 is 0 Å². The molecule has 0 spiro atoms. The van der Waals surface area contributed by atoms with E-state index < -0.39 is 0 Å². The quantitative estimate of drug-likeness (QED) is 0.557. The number of carbonyl (C=O) groups is 1. The lowest BCUT2D eigenvalue weighted by Gasteiger charge is -2.18. The number of amides is 1. The second-order valence-corrected chi connectivity index (χ2v) is 6.84. The van der Waals surface area contributed by atoms with Crippen molar-refractivity contribution in [1.82, 2.24) is 14.7 Å². The van der Waals surface area contributed by atoms with Gasteiger partial charge in [-0.05, 0) is 55.8 Å². The summed E-state index contributed by atoms with van der Waals surface area (Å²) in [6, 6.07) is 13.7. The summed E-state index contributed by atoms with van der Waals surface area (Å²) in [4.78, 5) is 14.7. The van der Waals surface area contributed by atoms with Crippen LogP contribution in [0.4, 0.5) is 4.39 Å². The highest BCUT2D eigenvalue weighted by atomic mass is 19.1. The molecule has 6 heteroatoms. The monoisotopic (exact) mass is 393 g/mol. The first kappa shape index (κ1) is 20.3. The van der Waals surface area contributed by atoms with E-state index in [1.54, 1.807) is 41.8 Å². The summed E-state index contributed by atoms with van der Waals surface area (Å²) in [5.74, 6) is 0.336. The van der Waals surface area contributed by atoms with Crippen molar-refractivity contribution >= 4 is 5.91 Å². The standard InChI is InChI=1S/C23H24FN3O2/c1-5-14-29-21-12-6-18(7-13-21)15-26(4)23(28)22-16(2)25-27(17(22)3)20-10-8-19(24)9-11-20/h5-13H,1,14-15H2,2-4H3. The highest BCUT2D eigenvalue weighted by Crippen LogP contribution is 2.21. The van der Waals surface area contributed by atoms with Gasteiger partial charge in [0, 0.05) is 13.6 Å². The Labute approximate surface area is 170 Å². The first-order chi connectivity index (χ1) is 13.9. The summed E-state index contributed by atoms with van der Waals surface area (Å²) < 4.78 is 20.4. The van der Waals surface area contributed by atoms with Crippen LogP contribution < -0.4 is 4.74 Å². The van der Waals surface area contributed by atoms with Crippen molar-refractivity contribution in [1.29, 1.82) is 0 Å². The van der Waals surface area contributed by atoms with Gasteiger partial charge in [0.1, 0.15) is 18.2 Å². The Hall–Kier alpha value is -3.41. The van der Waals surface area contributed by atoms with E-state index in [1.165, 1.54) is 12.1 Å². The molecule has 0 radical (unpaired) electrons. The molecule has 0 aliphatic carbocycles. The van der Waals surface area contributed by atoms with Crippen LogP contribution in [0.2, 0.25) is 0 Å². The molecular formula is C23H24FN3O2. The molecule has 0 aliphatic heterocycles. The van der Waals surface area contributed by atoms with E-state index in [0.717, 1.165) is 17.0 Å². The van der Waals surface area contributed by atoms with E-state index in [2.05, 4.69) is 11.7 Å². The van der Waals surface area contributed by atoms with Gasteiger partial charge in [-0.2, -0.15) is 5.10 Å². The van der Waals surface area contributed by atoms with Crippen LogP contribution in [0.1, 0.15) is 27.3 Å². The maximum absolute atomic E-state index is 13.2. The predicted molar refractivity (Wildman–Crippen MR) is 111 cm³/mol. The third kappa shape index (κ3) is 4.54. The molecule has 3 rings (SSSR count). The summed E-state index contributed by atoms with van der Waals surface area (Å²) in [6.07, 6.45) is 1.69. The molecule has 0 bridgehead atoms. The van der Waals surface area contributed by atoms with E-state index in [9.17, 15) is 9.18 Å². The predicted octanol–water partition coefficient (Wildman–Crippen LogP) is 4.47.